The summed E-state index contributed by atoms with van der Waals surface area (Å²) in [4.78, 5) is 34.4. The van der Waals surface area contributed by atoms with Gasteiger partial charge in [-0.1, -0.05) is 42.5 Å². The molecule has 174 valence electrons. The van der Waals surface area contributed by atoms with Crippen LogP contribution in [-0.4, -0.2) is 16.8 Å². The first kappa shape index (κ1) is 23.4. The number of benzene rings is 2. The highest BCUT2D eigenvalue weighted by atomic mass is 32.1. The first-order valence-electron chi connectivity index (χ1n) is 11.0. The van der Waals surface area contributed by atoms with Gasteiger partial charge in [-0.2, -0.15) is 0 Å². The van der Waals surface area contributed by atoms with E-state index in [1.807, 2.05) is 76.2 Å². The number of nitrogens with zero attached hydrogens (tertiary/aromatic N) is 2. The first-order chi connectivity index (χ1) is 16.3. The minimum atomic E-state index is -0.883. The number of carbonyl (C=O) groups excluding carboxylic acids is 2. The van der Waals surface area contributed by atoms with Crippen LogP contribution in [0.2, 0.25) is 0 Å². The molecule has 0 radical (unpaired) electrons. The molecule has 0 saturated heterocycles. The molecule has 2 aromatic carbocycles. The molecule has 0 spiro atoms. The lowest BCUT2D eigenvalue weighted by Gasteiger charge is -2.32. The maximum Gasteiger partial charge on any atom is 0.271 e. The molecule has 2 aromatic heterocycles. The number of aryl methyl sites for hydroxylation is 4. The number of rotatable bonds is 7. The van der Waals surface area contributed by atoms with E-state index < -0.39 is 6.04 Å². The summed E-state index contributed by atoms with van der Waals surface area (Å²) in [5.74, 6) is 0.0910. The molecule has 2 amide bonds. The Bertz CT molecular complexity index is 1300. The third-order valence-electron chi connectivity index (χ3n) is 5.58. The van der Waals surface area contributed by atoms with Crippen LogP contribution in [0, 0.1) is 27.7 Å². The Hall–Kier alpha value is -3.71. The molecule has 0 saturated carbocycles. The predicted molar refractivity (Wildman–Crippen MR) is 134 cm³/mol. The van der Waals surface area contributed by atoms with Crippen LogP contribution in [0.3, 0.4) is 0 Å². The lowest BCUT2D eigenvalue weighted by Crippen LogP contribution is -2.44. The summed E-state index contributed by atoms with van der Waals surface area (Å²) in [7, 11) is 0. The van der Waals surface area contributed by atoms with Gasteiger partial charge in [0.15, 0.2) is 0 Å². The van der Waals surface area contributed by atoms with E-state index in [2.05, 4.69) is 10.3 Å². The molecule has 0 bridgehead atoms. The Balaban J connectivity index is 1.85. The van der Waals surface area contributed by atoms with E-state index in [4.69, 9.17) is 4.42 Å². The van der Waals surface area contributed by atoms with Crippen molar-refractivity contribution in [3.05, 3.63) is 105 Å². The average Bonchev–Trinajstić information content (AvgIpc) is 3.46. The monoisotopic (exact) mass is 473 g/mol. The van der Waals surface area contributed by atoms with Crippen molar-refractivity contribution in [1.82, 2.24) is 10.3 Å². The highest BCUT2D eigenvalue weighted by Gasteiger charge is 2.35. The van der Waals surface area contributed by atoms with Crippen molar-refractivity contribution in [2.75, 3.05) is 4.90 Å². The van der Waals surface area contributed by atoms with E-state index in [0.717, 1.165) is 16.1 Å². The first-order valence-corrected chi connectivity index (χ1v) is 11.9. The van der Waals surface area contributed by atoms with Gasteiger partial charge in [0.1, 0.15) is 16.7 Å². The van der Waals surface area contributed by atoms with Crippen molar-refractivity contribution in [2.24, 2.45) is 0 Å². The zero-order valence-electron chi connectivity index (χ0n) is 19.7. The Labute approximate surface area is 203 Å². The Morgan fingerprint density at radius 3 is 2.44 bits per heavy atom. The SMILES string of the molecule is Cc1ccc(C)c(N(C(=O)c2sc(C)nc2C)[C@@H](C(=O)NCc2ccco2)c2ccccc2)c1. The number of nitrogens with one attached hydrogen (secondary N) is 1. The fourth-order valence-electron chi connectivity index (χ4n) is 3.92. The number of thiazole rings is 1. The van der Waals surface area contributed by atoms with Crippen molar-refractivity contribution < 1.29 is 14.0 Å². The van der Waals surface area contributed by atoms with Gasteiger partial charge in [-0.15, -0.1) is 11.3 Å². The third-order valence-corrected chi connectivity index (χ3v) is 6.64. The lowest BCUT2D eigenvalue weighted by atomic mass is 10.0. The minimum absolute atomic E-state index is 0.225. The van der Waals surface area contributed by atoms with Crippen LogP contribution in [0.1, 0.15) is 48.9 Å². The zero-order chi connectivity index (χ0) is 24.2. The van der Waals surface area contributed by atoms with E-state index in [9.17, 15) is 9.59 Å². The Morgan fingerprint density at radius 1 is 1.03 bits per heavy atom. The number of carbonyl (C=O) groups is 2. The molecule has 0 aliphatic rings. The van der Waals surface area contributed by atoms with E-state index in [1.54, 1.807) is 23.3 Å². The minimum Gasteiger partial charge on any atom is -0.467 e. The maximum atomic E-state index is 14.1. The largest absolute Gasteiger partial charge is 0.467 e. The summed E-state index contributed by atoms with van der Waals surface area (Å²) >= 11 is 1.34. The van der Waals surface area contributed by atoms with Gasteiger partial charge < -0.3 is 9.73 Å². The summed E-state index contributed by atoms with van der Waals surface area (Å²) in [6.07, 6.45) is 1.57. The van der Waals surface area contributed by atoms with Crippen LogP contribution in [0.4, 0.5) is 5.69 Å². The van der Waals surface area contributed by atoms with Crippen molar-refractivity contribution in [2.45, 2.75) is 40.3 Å². The number of hydrogen-bond acceptors (Lipinski definition) is 5. The van der Waals surface area contributed by atoms with E-state index in [-0.39, 0.29) is 18.4 Å². The fourth-order valence-corrected chi connectivity index (χ4v) is 4.78. The maximum absolute atomic E-state index is 14.1. The van der Waals surface area contributed by atoms with Gasteiger partial charge in [0.25, 0.3) is 5.91 Å². The summed E-state index contributed by atoms with van der Waals surface area (Å²) in [5, 5.41) is 3.76. The highest BCUT2D eigenvalue weighted by molar-refractivity contribution is 7.13. The molecule has 0 unspecified atom stereocenters. The fraction of sp³-hybridized carbons (Fsp3) is 0.222. The van der Waals surface area contributed by atoms with Crippen molar-refractivity contribution in [3.8, 4) is 0 Å². The molecular formula is C27H27N3O3S. The van der Waals surface area contributed by atoms with Gasteiger partial charge in [0, 0.05) is 5.69 Å². The smallest absolute Gasteiger partial charge is 0.271 e. The second-order valence-corrected chi connectivity index (χ2v) is 9.43. The topological polar surface area (TPSA) is 75.4 Å². The van der Waals surface area contributed by atoms with E-state index >= 15 is 0 Å². The van der Waals surface area contributed by atoms with E-state index in [0.29, 0.717) is 27.6 Å². The molecule has 4 aromatic rings. The average molecular weight is 474 g/mol. The third kappa shape index (κ3) is 4.94. The molecule has 1 N–H and O–H groups in total. The van der Waals surface area contributed by atoms with Gasteiger partial charge in [0.2, 0.25) is 5.91 Å². The normalized spacial score (nSPS) is 11.8. The number of furan rings is 1. The molecule has 0 fully saturated rings. The number of amides is 2. The molecule has 4 rings (SSSR count). The number of anilines is 1. The molecule has 0 aliphatic heterocycles. The van der Waals surface area contributed by atoms with Gasteiger partial charge in [-0.25, -0.2) is 4.98 Å². The highest BCUT2D eigenvalue weighted by Crippen LogP contribution is 2.34. The Morgan fingerprint density at radius 2 is 1.79 bits per heavy atom. The second-order valence-electron chi connectivity index (χ2n) is 8.22. The molecule has 34 heavy (non-hydrogen) atoms. The van der Waals surface area contributed by atoms with E-state index in [1.165, 1.54) is 11.3 Å². The van der Waals surface area contributed by atoms with Gasteiger partial charge in [-0.3, -0.25) is 14.5 Å². The molecule has 6 nitrogen and oxygen atoms in total. The summed E-state index contributed by atoms with van der Waals surface area (Å²) in [6.45, 7) is 7.85. The lowest BCUT2D eigenvalue weighted by molar-refractivity contribution is -0.122. The van der Waals surface area contributed by atoms with Crippen LogP contribution in [0.25, 0.3) is 0 Å². The summed E-state index contributed by atoms with van der Waals surface area (Å²) in [6, 6.07) is 18.0. The van der Waals surface area contributed by atoms with Crippen molar-refractivity contribution >= 4 is 28.8 Å². The van der Waals surface area contributed by atoms with Crippen molar-refractivity contribution in [1.29, 1.82) is 0 Å². The molecule has 0 aliphatic carbocycles. The van der Waals surface area contributed by atoms with Crippen LogP contribution in [0.15, 0.2) is 71.3 Å². The summed E-state index contributed by atoms with van der Waals surface area (Å²) < 4.78 is 5.38. The van der Waals surface area contributed by atoms with Gasteiger partial charge >= 0.3 is 0 Å². The zero-order valence-corrected chi connectivity index (χ0v) is 20.5. The number of aromatic nitrogens is 1. The van der Waals surface area contributed by atoms with Crippen molar-refractivity contribution in [3.63, 3.8) is 0 Å². The second kappa shape index (κ2) is 10.1. The van der Waals surface area contributed by atoms with Crippen LogP contribution in [-0.2, 0) is 11.3 Å². The molecule has 1 atom stereocenters. The molecule has 2 heterocycles. The Kier molecular flexibility index (Phi) is 6.93. The van der Waals surface area contributed by atoms with Crippen LogP contribution < -0.4 is 10.2 Å². The van der Waals surface area contributed by atoms with Gasteiger partial charge in [-0.05, 0) is 62.6 Å². The summed E-state index contributed by atoms with van der Waals surface area (Å²) in [5.41, 5.74) is 3.96. The quantitative estimate of drug-likeness (QED) is 0.375. The number of hydrogen-bond donors (Lipinski definition) is 1. The van der Waals surface area contributed by atoms with Gasteiger partial charge in [0.05, 0.1) is 23.5 Å². The van der Waals surface area contributed by atoms with Crippen LogP contribution >= 0.6 is 11.3 Å². The predicted octanol–water partition coefficient (Wildman–Crippen LogP) is 5.67. The standard InChI is InChI=1S/C27H27N3O3S/c1-17-12-13-18(2)23(15-17)30(27(32)25-19(3)29-20(4)34-25)24(21-9-6-5-7-10-21)26(31)28-16-22-11-8-14-33-22/h5-15,24H,16H2,1-4H3,(H,28,31)/t24-/m1/s1. The molecular weight excluding hydrogens is 446 g/mol. The molecule has 7 heteroatoms. The van der Waals surface area contributed by atoms with Crippen LogP contribution in [0.5, 0.6) is 0 Å².